The summed E-state index contributed by atoms with van der Waals surface area (Å²) in [5.74, 6) is 1.03. The molecule has 1 atom stereocenters. The van der Waals surface area contributed by atoms with Gasteiger partial charge >= 0.3 is 0 Å². The van der Waals surface area contributed by atoms with Crippen LogP contribution in [0.2, 0.25) is 0 Å². The summed E-state index contributed by atoms with van der Waals surface area (Å²) in [6, 6.07) is 8.33. The van der Waals surface area contributed by atoms with Gasteiger partial charge in [0, 0.05) is 12.6 Å². The van der Waals surface area contributed by atoms with Gasteiger partial charge in [-0.2, -0.15) is 0 Å². The lowest BCUT2D eigenvalue weighted by Gasteiger charge is -2.16. The average Bonchev–Trinajstić information content (AvgIpc) is 2.70. The number of benzene rings is 1. The highest BCUT2D eigenvalue weighted by Gasteiger charge is 2.10. The molecule has 2 rings (SSSR count). The average molecular weight is 247 g/mol. The summed E-state index contributed by atoms with van der Waals surface area (Å²) >= 11 is 0. The van der Waals surface area contributed by atoms with Gasteiger partial charge < -0.3 is 15.0 Å². The van der Waals surface area contributed by atoms with Gasteiger partial charge in [-0.25, -0.2) is 4.98 Å². The number of fused-ring (bicyclic) bond motifs is 1. The number of aromatic nitrogens is 2. The Morgan fingerprint density at radius 2 is 2.17 bits per heavy atom. The molecule has 2 aromatic rings. The molecule has 0 radical (unpaired) electrons. The highest BCUT2D eigenvalue weighted by atomic mass is 16.3. The number of imidazole rings is 1. The molecular formula is C14H21N3O. The first-order valence-electron chi connectivity index (χ1n) is 6.52. The van der Waals surface area contributed by atoms with Crippen LogP contribution in [0.1, 0.15) is 19.2 Å². The molecule has 0 aliphatic rings. The van der Waals surface area contributed by atoms with Crippen molar-refractivity contribution >= 4 is 11.0 Å². The number of hydrogen-bond acceptors (Lipinski definition) is 3. The normalized spacial score (nSPS) is 13.1. The largest absolute Gasteiger partial charge is 0.395 e. The lowest BCUT2D eigenvalue weighted by Crippen LogP contribution is -2.33. The Bertz CT molecular complexity index is 507. The van der Waals surface area contributed by atoms with Crippen molar-refractivity contribution in [2.45, 2.75) is 32.9 Å². The SMILES string of the molecule is CCNC(CO)CCn1c(C)nc2ccccc21. The van der Waals surface area contributed by atoms with Gasteiger partial charge in [0.2, 0.25) is 0 Å². The fraction of sp³-hybridized carbons (Fsp3) is 0.500. The van der Waals surface area contributed by atoms with Crippen molar-refractivity contribution < 1.29 is 5.11 Å². The molecule has 98 valence electrons. The number of nitrogens with zero attached hydrogens (tertiary/aromatic N) is 2. The molecule has 0 bridgehead atoms. The number of hydrogen-bond donors (Lipinski definition) is 2. The number of aryl methyl sites for hydroxylation is 2. The predicted molar refractivity (Wildman–Crippen MR) is 73.6 cm³/mol. The number of aliphatic hydroxyl groups is 1. The van der Waals surface area contributed by atoms with E-state index >= 15 is 0 Å². The minimum Gasteiger partial charge on any atom is -0.395 e. The van der Waals surface area contributed by atoms with Gasteiger partial charge in [-0.3, -0.25) is 0 Å². The first-order valence-corrected chi connectivity index (χ1v) is 6.52. The van der Waals surface area contributed by atoms with E-state index in [-0.39, 0.29) is 12.6 Å². The number of para-hydroxylation sites is 2. The molecule has 0 amide bonds. The van der Waals surface area contributed by atoms with E-state index in [1.165, 1.54) is 5.52 Å². The van der Waals surface area contributed by atoms with E-state index in [1.807, 2.05) is 25.1 Å². The molecule has 1 aromatic carbocycles. The maximum absolute atomic E-state index is 9.28. The van der Waals surface area contributed by atoms with Gasteiger partial charge in [0.05, 0.1) is 17.6 Å². The Morgan fingerprint density at radius 1 is 1.39 bits per heavy atom. The van der Waals surface area contributed by atoms with Gasteiger partial charge in [-0.15, -0.1) is 0 Å². The second-order valence-corrected chi connectivity index (χ2v) is 4.53. The molecule has 18 heavy (non-hydrogen) atoms. The molecule has 0 aliphatic carbocycles. The van der Waals surface area contributed by atoms with Crippen LogP contribution in [0.5, 0.6) is 0 Å². The van der Waals surface area contributed by atoms with E-state index in [0.29, 0.717) is 0 Å². The summed E-state index contributed by atoms with van der Waals surface area (Å²) in [6.07, 6.45) is 0.908. The standard InChI is InChI=1S/C14H21N3O/c1-3-15-12(10-18)8-9-17-11(2)16-13-6-4-5-7-14(13)17/h4-7,12,15,18H,3,8-10H2,1-2H3. The predicted octanol–water partition coefficient (Wildman–Crippen LogP) is 1.71. The van der Waals surface area contributed by atoms with Crippen molar-refractivity contribution in [2.24, 2.45) is 0 Å². The molecule has 0 saturated carbocycles. The van der Waals surface area contributed by atoms with E-state index in [9.17, 15) is 5.11 Å². The van der Waals surface area contributed by atoms with Crippen LogP contribution >= 0.6 is 0 Å². The van der Waals surface area contributed by atoms with Gasteiger partial charge in [-0.1, -0.05) is 19.1 Å². The third-order valence-electron chi connectivity index (χ3n) is 3.26. The monoisotopic (exact) mass is 247 g/mol. The Labute approximate surface area is 108 Å². The summed E-state index contributed by atoms with van der Waals surface area (Å²) in [5, 5.41) is 12.6. The molecule has 0 aliphatic heterocycles. The first kappa shape index (κ1) is 13.1. The molecule has 0 spiro atoms. The van der Waals surface area contributed by atoms with Crippen molar-refractivity contribution in [3.05, 3.63) is 30.1 Å². The van der Waals surface area contributed by atoms with E-state index < -0.39 is 0 Å². The molecule has 1 aromatic heterocycles. The maximum atomic E-state index is 9.28. The molecule has 2 N–H and O–H groups in total. The lowest BCUT2D eigenvalue weighted by molar-refractivity contribution is 0.233. The van der Waals surface area contributed by atoms with Gasteiger partial charge in [-0.05, 0) is 32.0 Å². The van der Waals surface area contributed by atoms with Crippen LogP contribution < -0.4 is 5.32 Å². The molecule has 4 heteroatoms. The van der Waals surface area contributed by atoms with Crippen LogP contribution in [-0.2, 0) is 6.54 Å². The third-order valence-corrected chi connectivity index (χ3v) is 3.26. The fourth-order valence-electron chi connectivity index (χ4n) is 2.31. The van der Waals surface area contributed by atoms with Crippen molar-refractivity contribution in [1.29, 1.82) is 0 Å². The van der Waals surface area contributed by atoms with E-state index in [2.05, 4.69) is 27.9 Å². The molecule has 1 unspecified atom stereocenters. The number of rotatable bonds is 6. The van der Waals surface area contributed by atoms with Gasteiger partial charge in [0.15, 0.2) is 0 Å². The highest BCUT2D eigenvalue weighted by molar-refractivity contribution is 5.75. The van der Waals surface area contributed by atoms with Gasteiger partial charge in [0.25, 0.3) is 0 Å². The second kappa shape index (κ2) is 5.98. The van der Waals surface area contributed by atoms with Crippen LogP contribution in [0.4, 0.5) is 0 Å². The van der Waals surface area contributed by atoms with E-state index in [4.69, 9.17) is 0 Å². The maximum Gasteiger partial charge on any atom is 0.106 e. The quantitative estimate of drug-likeness (QED) is 0.817. The van der Waals surface area contributed by atoms with Crippen molar-refractivity contribution in [3.8, 4) is 0 Å². The third kappa shape index (κ3) is 2.71. The smallest absolute Gasteiger partial charge is 0.106 e. The number of nitrogens with one attached hydrogen (secondary N) is 1. The zero-order valence-corrected chi connectivity index (χ0v) is 11.1. The Kier molecular flexibility index (Phi) is 4.33. The Hall–Kier alpha value is -1.39. The van der Waals surface area contributed by atoms with Crippen molar-refractivity contribution in [2.75, 3.05) is 13.2 Å². The van der Waals surface area contributed by atoms with Crippen LogP contribution in [0, 0.1) is 6.92 Å². The topological polar surface area (TPSA) is 50.1 Å². The highest BCUT2D eigenvalue weighted by Crippen LogP contribution is 2.16. The van der Waals surface area contributed by atoms with Gasteiger partial charge in [0.1, 0.15) is 5.82 Å². The summed E-state index contributed by atoms with van der Waals surface area (Å²) < 4.78 is 2.22. The minimum atomic E-state index is 0.163. The lowest BCUT2D eigenvalue weighted by atomic mass is 10.2. The zero-order chi connectivity index (χ0) is 13.0. The molecule has 0 saturated heterocycles. The minimum absolute atomic E-state index is 0.163. The van der Waals surface area contributed by atoms with Crippen molar-refractivity contribution in [1.82, 2.24) is 14.9 Å². The summed E-state index contributed by atoms with van der Waals surface area (Å²) in [6.45, 7) is 6.03. The Morgan fingerprint density at radius 3 is 2.89 bits per heavy atom. The molecular weight excluding hydrogens is 226 g/mol. The summed E-state index contributed by atoms with van der Waals surface area (Å²) in [4.78, 5) is 4.54. The van der Waals surface area contributed by atoms with E-state index in [0.717, 1.165) is 30.9 Å². The van der Waals surface area contributed by atoms with Crippen molar-refractivity contribution in [3.63, 3.8) is 0 Å². The van der Waals surface area contributed by atoms with Crippen LogP contribution in [-0.4, -0.2) is 33.9 Å². The molecule has 0 fully saturated rings. The van der Waals surface area contributed by atoms with Crippen LogP contribution in [0.15, 0.2) is 24.3 Å². The summed E-state index contributed by atoms with van der Waals surface area (Å²) in [5.41, 5.74) is 2.21. The first-order chi connectivity index (χ1) is 8.76. The fourth-order valence-corrected chi connectivity index (χ4v) is 2.31. The summed E-state index contributed by atoms with van der Waals surface area (Å²) in [7, 11) is 0. The second-order valence-electron chi connectivity index (χ2n) is 4.53. The van der Waals surface area contributed by atoms with E-state index in [1.54, 1.807) is 0 Å². The van der Waals surface area contributed by atoms with Crippen LogP contribution in [0.3, 0.4) is 0 Å². The number of likely N-dealkylation sites (N-methyl/N-ethyl adjacent to an activating group) is 1. The zero-order valence-electron chi connectivity index (χ0n) is 11.1. The van der Waals surface area contributed by atoms with Crippen LogP contribution in [0.25, 0.3) is 11.0 Å². The Balaban J connectivity index is 2.13. The molecule has 1 heterocycles. The number of aliphatic hydroxyl groups excluding tert-OH is 1. The molecule has 4 nitrogen and oxygen atoms in total.